The van der Waals surface area contributed by atoms with Gasteiger partial charge in [0, 0.05) is 11.1 Å². The highest BCUT2D eigenvalue weighted by Gasteiger charge is 2.29. The Balaban J connectivity index is 2.61. The van der Waals surface area contributed by atoms with E-state index in [1.165, 1.54) is 6.07 Å². The van der Waals surface area contributed by atoms with E-state index in [9.17, 15) is 9.18 Å². The van der Waals surface area contributed by atoms with Crippen molar-refractivity contribution in [2.75, 3.05) is 0 Å². The summed E-state index contributed by atoms with van der Waals surface area (Å²) in [7, 11) is 0. The maximum atomic E-state index is 13.1. The molecule has 0 unspecified atom stereocenters. The van der Waals surface area contributed by atoms with Crippen molar-refractivity contribution in [1.29, 1.82) is 0 Å². The second-order valence-corrected chi connectivity index (χ2v) is 3.91. The Hall–Kier alpha value is -0.700. The van der Waals surface area contributed by atoms with Crippen LogP contribution >= 0.6 is 15.9 Å². The van der Waals surface area contributed by atoms with Gasteiger partial charge in [-0.05, 0) is 12.5 Å². The first kappa shape index (κ1) is 7.92. The molecular formula is C9H6BrFO. The Labute approximate surface area is 77.7 Å². The first-order valence-electron chi connectivity index (χ1n) is 3.66. The van der Waals surface area contributed by atoms with Gasteiger partial charge in [0.15, 0.2) is 5.78 Å². The predicted octanol–water partition coefficient (Wildman–Crippen LogP) is 2.33. The van der Waals surface area contributed by atoms with Crippen LogP contribution in [0.1, 0.15) is 15.9 Å². The van der Waals surface area contributed by atoms with Crippen LogP contribution in [0, 0.1) is 5.82 Å². The molecule has 0 heterocycles. The van der Waals surface area contributed by atoms with Crippen LogP contribution in [0.3, 0.4) is 0 Å². The number of halogens is 2. The van der Waals surface area contributed by atoms with Gasteiger partial charge in [-0.2, -0.15) is 0 Å². The second kappa shape index (κ2) is 2.66. The molecule has 0 saturated carbocycles. The third-order valence-corrected chi connectivity index (χ3v) is 2.79. The number of carbonyl (C=O) groups excluding carboxylic acids is 1. The van der Waals surface area contributed by atoms with Gasteiger partial charge < -0.3 is 0 Å². The van der Waals surface area contributed by atoms with Crippen LogP contribution in [0.5, 0.6) is 0 Å². The molecule has 0 spiro atoms. The van der Waals surface area contributed by atoms with Crippen LogP contribution in [-0.4, -0.2) is 10.6 Å². The topological polar surface area (TPSA) is 17.1 Å². The molecule has 0 amide bonds. The fraction of sp³-hybridized carbons (Fsp3) is 0.222. The van der Waals surface area contributed by atoms with Crippen molar-refractivity contribution in [1.82, 2.24) is 0 Å². The van der Waals surface area contributed by atoms with Gasteiger partial charge in [-0.15, -0.1) is 0 Å². The summed E-state index contributed by atoms with van der Waals surface area (Å²) in [5.41, 5.74) is 1.07. The van der Waals surface area contributed by atoms with Crippen molar-refractivity contribution in [2.45, 2.75) is 11.2 Å². The molecule has 1 atom stereocenters. The fourth-order valence-corrected chi connectivity index (χ4v) is 2.01. The third-order valence-electron chi connectivity index (χ3n) is 2.05. The number of ketones is 1. The van der Waals surface area contributed by atoms with Crippen LogP contribution in [0.4, 0.5) is 4.39 Å². The minimum absolute atomic E-state index is 0.00972. The lowest BCUT2D eigenvalue weighted by atomic mass is 10.1. The number of fused-ring (bicyclic) bond motifs is 1. The highest BCUT2D eigenvalue weighted by molar-refractivity contribution is 9.10. The van der Waals surface area contributed by atoms with Gasteiger partial charge in [0.05, 0.1) is 4.83 Å². The monoisotopic (exact) mass is 228 g/mol. The smallest absolute Gasteiger partial charge is 0.177 e. The van der Waals surface area contributed by atoms with Gasteiger partial charge in [-0.25, -0.2) is 4.39 Å². The minimum atomic E-state index is -0.275. The zero-order valence-electron chi connectivity index (χ0n) is 6.18. The van der Waals surface area contributed by atoms with E-state index in [0.29, 0.717) is 17.5 Å². The van der Waals surface area contributed by atoms with E-state index in [-0.39, 0.29) is 16.4 Å². The SMILES string of the molecule is O=C1c2cccc(F)c2C[C@H]1Br. The molecule has 0 radical (unpaired) electrons. The van der Waals surface area contributed by atoms with E-state index in [2.05, 4.69) is 15.9 Å². The molecule has 62 valence electrons. The first-order valence-corrected chi connectivity index (χ1v) is 4.57. The normalized spacial score (nSPS) is 21.2. The van der Waals surface area contributed by atoms with Gasteiger partial charge >= 0.3 is 0 Å². The minimum Gasteiger partial charge on any atom is -0.293 e. The standard InChI is InChI=1S/C9H6BrFO/c10-7-4-6-5(9(7)12)2-1-3-8(6)11/h1-3,7H,4H2/t7-/m1/s1. The molecule has 1 aromatic carbocycles. The Morgan fingerprint density at radius 3 is 2.92 bits per heavy atom. The molecule has 1 aromatic rings. The van der Waals surface area contributed by atoms with Crippen LogP contribution < -0.4 is 0 Å². The average Bonchev–Trinajstić information content (AvgIpc) is 2.32. The molecule has 1 aliphatic rings. The number of hydrogen-bond acceptors (Lipinski definition) is 1. The summed E-state index contributed by atoms with van der Waals surface area (Å²) in [6.45, 7) is 0. The number of Topliss-reactive ketones (excluding diaryl/α,β-unsaturated/α-hetero) is 1. The molecule has 0 aromatic heterocycles. The summed E-state index contributed by atoms with van der Waals surface area (Å²) in [6.07, 6.45) is 0.473. The molecule has 2 rings (SSSR count). The Kier molecular flexibility index (Phi) is 1.76. The Morgan fingerprint density at radius 2 is 2.25 bits per heavy atom. The highest BCUT2D eigenvalue weighted by Crippen LogP contribution is 2.28. The number of rotatable bonds is 0. The van der Waals surface area contributed by atoms with E-state index in [1.54, 1.807) is 12.1 Å². The molecule has 0 aliphatic heterocycles. The number of benzene rings is 1. The Morgan fingerprint density at radius 1 is 1.50 bits per heavy atom. The number of carbonyl (C=O) groups is 1. The van der Waals surface area contributed by atoms with Crippen LogP contribution in [0.25, 0.3) is 0 Å². The third kappa shape index (κ3) is 1.00. The lowest BCUT2D eigenvalue weighted by Gasteiger charge is -1.96. The van der Waals surface area contributed by atoms with E-state index in [4.69, 9.17) is 0 Å². The van der Waals surface area contributed by atoms with Crippen molar-refractivity contribution in [3.05, 3.63) is 35.1 Å². The molecule has 1 nitrogen and oxygen atoms in total. The van der Waals surface area contributed by atoms with Crippen LogP contribution in [0.15, 0.2) is 18.2 Å². The number of hydrogen-bond donors (Lipinski definition) is 0. The zero-order valence-corrected chi connectivity index (χ0v) is 7.77. The summed E-state index contributed by atoms with van der Waals surface area (Å²) in [5.74, 6) is -0.285. The average molecular weight is 229 g/mol. The van der Waals surface area contributed by atoms with Crippen molar-refractivity contribution in [3.8, 4) is 0 Å². The molecule has 0 fully saturated rings. The maximum Gasteiger partial charge on any atom is 0.177 e. The Bertz CT molecular complexity index is 348. The quantitative estimate of drug-likeness (QED) is 0.624. The molecule has 0 saturated heterocycles. The van der Waals surface area contributed by atoms with Gasteiger partial charge in [-0.3, -0.25) is 4.79 Å². The lowest BCUT2D eigenvalue weighted by Crippen LogP contribution is -2.05. The summed E-state index contributed by atoms with van der Waals surface area (Å²) >= 11 is 3.20. The summed E-state index contributed by atoms with van der Waals surface area (Å²) in [4.78, 5) is 11.1. The summed E-state index contributed by atoms with van der Waals surface area (Å²) in [5, 5.41) is 0. The second-order valence-electron chi connectivity index (χ2n) is 2.80. The molecule has 0 N–H and O–H groups in total. The van der Waals surface area contributed by atoms with Crippen molar-refractivity contribution in [2.24, 2.45) is 0 Å². The largest absolute Gasteiger partial charge is 0.293 e. The van der Waals surface area contributed by atoms with E-state index >= 15 is 0 Å². The first-order chi connectivity index (χ1) is 5.70. The maximum absolute atomic E-state index is 13.1. The predicted molar refractivity (Wildman–Crippen MR) is 47.1 cm³/mol. The molecule has 0 bridgehead atoms. The van der Waals surface area contributed by atoms with E-state index in [0.717, 1.165) is 0 Å². The zero-order chi connectivity index (χ0) is 8.72. The molecular weight excluding hydrogens is 223 g/mol. The molecule has 1 aliphatic carbocycles. The summed E-state index contributed by atoms with van der Waals surface area (Å²) in [6, 6.07) is 4.62. The van der Waals surface area contributed by atoms with Crippen LogP contribution in [-0.2, 0) is 6.42 Å². The van der Waals surface area contributed by atoms with Gasteiger partial charge in [-0.1, -0.05) is 28.1 Å². The van der Waals surface area contributed by atoms with Crippen LogP contribution in [0.2, 0.25) is 0 Å². The summed E-state index contributed by atoms with van der Waals surface area (Å²) < 4.78 is 13.1. The lowest BCUT2D eigenvalue weighted by molar-refractivity contribution is 0.100. The van der Waals surface area contributed by atoms with Gasteiger partial charge in [0.2, 0.25) is 0 Å². The van der Waals surface area contributed by atoms with E-state index < -0.39 is 0 Å². The van der Waals surface area contributed by atoms with Gasteiger partial charge in [0.1, 0.15) is 5.82 Å². The van der Waals surface area contributed by atoms with Gasteiger partial charge in [0.25, 0.3) is 0 Å². The molecule has 12 heavy (non-hydrogen) atoms. The fourth-order valence-electron chi connectivity index (χ4n) is 1.44. The van der Waals surface area contributed by atoms with Crippen molar-refractivity contribution < 1.29 is 9.18 Å². The number of alkyl halides is 1. The van der Waals surface area contributed by atoms with Crippen molar-refractivity contribution >= 4 is 21.7 Å². The molecule has 3 heteroatoms. The van der Waals surface area contributed by atoms with Crippen molar-refractivity contribution in [3.63, 3.8) is 0 Å². The van der Waals surface area contributed by atoms with E-state index in [1.807, 2.05) is 0 Å². The highest BCUT2D eigenvalue weighted by atomic mass is 79.9.